The maximum atomic E-state index is 12.4. The normalized spacial score (nSPS) is 39.0. The lowest BCUT2D eigenvalue weighted by atomic mass is 9.72. The fourth-order valence-corrected chi connectivity index (χ4v) is 3.50. The van der Waals surface area contributed by atoms with Gasteiger partial charge in [0, 0.05) is 6.54 Å². The SMILES string of the molecule is O=C(O)C1CCC1C(=O)N1CCOC2CCCC21. The summed E-state index contributed by atoms with van der Waals surface area (Å²) in [5, 5.41) is 9.04. The number of aliphatic carboxylic acids is 1. The van der Waals surface area contributed by atoms with Crippen molar-refractivity contribution in [2.45, 2.75) is 44.2 Å². The number of fused-ring (bicyclic) bond motifs is 1. The zero-order chi connectivity index (χ0) is 12.7. The third-order valence-corrected chi connectivity index (χ3v) is 4.67. The summed E-state index contributed by atoms with van der Waals surface area (Å²) in [6, 6.07) is 0.196. The molecule has 5 nitrogen and oxygen atoms in total. The van der Waals surface area contributed by atoms with Crippen molar-refractivity contribution in [1.29, 1.82) is 0 Å². The number of carbonyl (C=O) groups excluding carboxylic acids is 1. The molecule has 0 radical (unpaired) electrons. The van der Waals surface area contributed by atoms with E-state index in [0.717, 1.165) is 25.7 Å². The topological polar surface area (TPSA) is 66.8 Å². The minimum atomic E-state index is -0.823. The lowest BCUT2D eigenvalue weighted by Crippen LogP contribution is -2.55. The number of hydrogen-bond donors (Lipinski definition) is 1. The minimum absolute atomic E-state index is 0.0499. The summed E-state index contributed by atoms with van der Waals surface area (Å²) in [6.45, 7) is 1.22. The quantitative estimate of drug-likeness (QED) is 0.793. The monoisotopic (exact) mass is 253 g/mol. The van der Waals surface area contributed by atoms with Crippen molar-refractivity contribution in [3.8, 4) is 0 Å². The average Bonchev–Trinajstić information content (AvgIpc) is 2.73. The van der Waals surface area contributed by atoms with Crippen molar-refractivity contribution in [1.82, 2.24) is 4.90 Å². The van der Waals surface area contributed by atoms with Gasteiger partial charge in [0.15, 0.2) is 0 Å². The third kappa shape index (κ3) is 1.81. The molecular formula is C13H19NO4. The van der Waals surface area contributed by atoms with Gasteiger partial charge in [-0.2, -0.15) is 0 Å². The number of carboxylic acid groups (broad SMARTS) is 1. The first-order valence-corrected chi connectivity index (χ1v) is 6.83. The van der Waals surface area contributed by atoms with E-state index in [1.807, 2.05) is 4.90 Å². The van der Waals surface area contributed by atoms with Gasteiger partial charge < -0.3 is 14.7 Å². The van der Waals surface area contributed by atoms with Crippen LogP contribution in [-0.2, 0) is 14.3 Å². The second kappa shape index (κ2) is 4.53. The van der Waals surface area contributed by atoms with Crippen LogP contribution >= 0.6 is 0 Å². The maximum absolute atomic E-state index is 12.4. The van der Waals surface area contributed by atoms with Crippen LogP contribution in [0.15, 0.2) is 0 Å². The highest BCUT2D eigenvalue weighted by atomic mass is 16.5. The standard InChI is InChI=1S/C13H19NO4/c15-12(8-4-5-9(8)13(16)17)14-6-7-18-11-3-1-2-10(11)14/h8-11H,1-7H2,(H,16,17). The highest BCUT2D eigenvalue weighted by Crippen LogP contribution is 2.38. The van der Waals surface area contributed by atoms with Gasteiger partial charge in [0.25, 0.3) is 0 Å². The van der Waals surface area contributed by atoms with Gasteiger partial charge in [0.1, 0.15) is 0 Å². The van der Waals surface area contributed by atoms with E-state index in [1.54, 1.807) is 0 Å². The zero-order valence-corrected chi connectivity index (χ0v) is 10.4. The van der Waals surface area contributed by atoms with Gasteiger partial charge in [0.05, 0.1) is 30.6 Å². The van der Waals surface area contributed by atoms with Crippen molar-refractivity contribution < 1.29 is 19.4 Å². The summed E-state index contributed by atoms with van der Waals surface area (Å²) in [6.07, 6.45) is 4.69. The second-order valence-electron chi connectivity index (χ2n) is 5.57. The molecule has 2 aliphatic carbocycles. The summed E-state index contributed by atoms with van der Waals surface area (Å²) in [7, 11) is 0. The van der Waals surface area contributed by atoms with Crippen LogP contribution in [0.4, 0.5) is 0 Å². The smallest absolute Gasteiger partial charge is 0.307 e. The van der Waals surface area contributed by atoms with Crippen molar-refractivity contribution in [2.75, 3.05) is 13.2 Å². The van der Waals surface area contributed by atoms with E-state index < -0.39 is 11.9 Å². The Balaban J connectivity index is 1.70. The van der Waals surface area contributed by atoms with E-state index in [4.69, 9.17) is 9.84 Å². The Kier molecular flexibility index (Phi) is 3.01. The number of morpholine rings is 1. The van der Waals surface area contributed by atoms with Gasteiger partial charge in [0.2, 0.25) is 5.91 Å². The molecular weight excluding hydrogens is 234 g/mol. The Bertz CT molecular complexity index is 370. The van der Waals surface area contributed by atoms with Crippen LogP contribution in [0.1, 0.15) is 32.1 Å². The molecule has 4 atom stereocenters. The molecule has 18 heavy (non-hydrogen) atoms. The molecule has 100 valence electrons. The summed E-state index contributed by atoms with van der Waals surface area (Å²) in [5.41, 5.74) is 0. The van der Waals surface area contributed by atoms with E-state index in [-0.39, 0.29) is 24.0 Å². The third-order valence-electron chi connectivity index (χ3n) is 4.67. The van der Waals surface area contributed by atoms with Gasteiger partial charge in [-0.25, -0.2) is 0 Å². The van der Waals surface area contributed by atoms with Gasteiger partial charge in [-0.15, -0.1) is 0 Å². The van der Waals surface area contributed by atoms with E-state index in [0.29, 0.717) is 19.6 Å². The van der Waals surface area contributed by atoms with Crippen LogP contribution in [0.5, 0.6) is 0 Å². The molecule has 2 saturated carbocycles. The predicted molar refractivity (Wildman–Crippen MR) is 62.9 cm³/mol. The van der Waals surface area contributed by atoms with Gasteiger partial charge >= 0.3 is 5.97 Å². The predicted octanol–water partition coefficient (Wildman–Crippen LogP) is 0.877. The molecule has 0 spiro atoms. The van der Waals surface area contributed by atoms with Crippen LogP contribution in [-0.4, -0.2) is 47.2 Å². The molecule has 0 aromatic carbocycles. The fraction of sp³-hybridized carbons (Fsp3) is 0.846. The van der Waals surface area contributed by atoms with E-state index in [1.165, 1.54) is 0 Å². The average molecular weight is 253 g/mol. The first-order valence-electron chi connectivity index (χ1n) is 6.83. The van der Waals surface area contributed by atoms with Crippen LogP contribution in [0.3, 0.4) is 0 Å². The van der Waals surface area contributed by atoms with E-state index in [9.17, 15) is 9.59 Å². The lowest BCUT2D eigenvalue weighted by molar-refractivity contribution is -0.163. The molecule has 0 aromatic heterocycles. The Labute approximate surface area is 106 Å². The lowest BCUT2D eigenvalue weighted by Gasteiger charge is -2.42. The Morgan fingerprint density at radius 1 is 1.11 bits per heavy atom. The van der Waals surface area contributed by atoms with Gasteiger partial charge in [-0.05, 0) is 32.1 Å². The second-order valence-corrected chi connectivity index (χ2v) is 5.57. The summed E-state index contributed by atoms with van der Waals surface area (Å²) < 4.78 is 5.68. The highest BCUT2D eigenvalue weighted by Gasteiger charge is 2.47. The minimum Gasteiger partial charge on any atom is -0.481 e. The van der Waals surface area contributed by atoms with Crippen LogP contribution in [0.25, 0.3) is 0 Å². The number of hydrogen-bond acceptors (Lipinski definition) is 3. The number of ether oxygens (including phenoxy) is 1. The first kappa shape index (κ1) is 12.0. The molecule has 5 heteroatoms. The van der Waals surface area contributed by atoms with Crippen molar-refractivity contribution in [2.24, 2.45) is 11.8 Å². The molecule has 1 saturated heterocycles. The number of rotatable bonds is 2. The van der Waals surface area contributed by atoms with Crippen molar-refractivity contribution in [3.63, 3.8) is 0 Å². The van der Waals surface area contributed by atoms with Crippen molar-refractivity contribution >= 4 is 11.9 Å². The summed E-state index contributed by atoms with van der Waals surface area (Å²) >= 11 is 0. The maximum Gasteiger partial charge on any atom is 0.307 e. The first-order chi connectivity index (χ1) is 8.68. The van der Waals surface area contributed by atoms with E-state index >= 15 is 0 Å². The van der Waals surface area contributed by atoms with Crippen molar-refractivity contribution in [3.05, 3.63) is 0 Å². The molecule has 1 amide bonds. The summed E-state index contributed by atoms with van der Waals surface area (Å²) in [5.74, 6) is -1.52. The Morgan fingerprint density at radius 2 is 1.89 bits per heavy atom. The zero-order valence-electron chi connectivity index (χ0n) is 10.4. The van der Waals surface area contributed by atoms with Crippen LogP contribution in [0, 0.1) is 11.8 Å². The Hall–Kier alpha value is -1.10. The number of carbonyl (C=O) groups is 2. The number of nitrogens with zero attached hydrogens (tertiary/aromatic N) is 1. The van der Waals surface area contributed by atoms with Gasteiger partial charge in [-0.3, -0.25) is 9.59 Å². The molecule has 1 heterocycles. The van der Waals surface area contributed by atoms with E-state index in [2.05, 4.69) is 0 Å². The molecule has 4 unspecified atom stereocenters. The molecule has 3 fully saturated rings. The number of amides is 1. The fourth-order valence-electron chi connectivity index (χ4n) is 3.50. The highest BCUT2D eigenvalue weighted by molar-refractivity contribution is 5.86. The largest absolute Gasteiger partial charge is 0.481 e. The van der Waals surface area contributed by atoms with Crippen LogP contribution < -0.4 is 0 Å². The molecule has 1 aliphatic heterocycles. The summed E-state index contributed by atoms with van der Waals surface area (Å²) in [4.78, 5) is 25.4. The van der Waals surface area contributed by atoms with Crippen LogP contribution in [0.2, 0.25) is 0 Å². The Morgan fingerprint density at radius 3 is 2.56 bits per heavy atom. The molecule has 0 aromatic rings. The molecule has 3 aliphatic rings. The molecule has 3 rings (SSSR count). The number of carboxylic acids is 1. The van der Waals surface area contributed by atoms with Gasteiger partial charge in [-0.1, -0.05) is 0 Å². The molecule has 0 bridgehead atoms. The molecule has 1 N–H and O–H groups in total.